The zero-order valence-electron chi connectivity index (χ0n) is 14.9. The summed E-state index contributed by atoms with van der Waals surface area (Å²) in [5.41, 5.74) is 6.89. The summed E-state index contributed by atoms with van der Waals surface area (Å²) in [6, 6.07) is 5.34. The number of nitrogen functional groups attached to an aromatic ring is 1. The fourth-order valence-electron chi connectivity index (χ4n) is 2.92. The molecule has 27 heavy (non-hydrogen) atoms. The quantitative estimate of drug-likeness (QED) is 0.757. The second kappa shape index (κ2) is 7.59. The number of carbonyl (C=O) groups excluding carboxylic acids is 2. The van der Waals surface area contributed by atoms with Crippen molar-refractivity contribution < 1.29 is 23.8 Å². The topological polar surface area (TPSA) is 142 Å². The smallest absolute Gasteiger partial charge is 0.306 e. The first-order chi connectivity index (χ1) is 13.0. The Kier molecular flexibility index (Phi) is 5.23. The number of hydrogen-bond donors (Lipinski definition) is 1. The van der Waals surface area contributed by atoms with Gasteiger partial charge < -0.3 is 19.9 Å². The number of nitrogens with zero attached hydrogens (tertiary/aromatic N) is 4. The van der Waals surface area contributed by atoms with Crippen molar-refractivity contribution >= 4 is 23.3 Å². The van der Waals surface area contributed by atoms with Crippen LogP contribution in [0.25, 0.3) is 5.52 Å². The zero-order valence-corrected chi connectivity index (χ0v) is 14.9. The summed E-state index contributed by atoms with van der Waals surface area (Å²) in [4.78, 5) is 27.7. The van der Waals surface area contributed by atoms with E-state index in [1.165, 1.54) is 10.8 Å². The molecule has 1 aliphatic rings. The van der Waals surface area contributed by atoms with Crippen molar-refractivity contribution in [3.63, 3.8) is 0 Å². The van der Waals surface area contributed by atoms with Crippen molar-refractivity contribution in [2.75, 3.05) is 5.73 Å². The van der Waals surface area contributed by atoms with Crippen LogP contribution in [0.2, 0.25) is 0 Å². The van der Waals surface area contributed by atoms with Crippen molar-refractivity contribution in [2.24, 2.45) is 0 Å². The van der Waals surface area contributed by atoms with Gasteiger partial charge in [0.2, 0.25) is 0 Å². The average molecular weight is 373 g/mol. The van der Waals surface area contributed by atoms with E-state index >= 15 is 0 Å². The number of nitriles is 1. The van der Waals surface area contributed by atoms with Crippen LogP contribution in [0.3, 0.4) is 0 Å². The molecule has 0 spiro atoms. The minimum Gasteiger partial charge on any atom is -0.455 e. The van der Waals surface area contributed by atoms with Gasteiger partial charge in [-0.2, -0.15) is 10.4 Å². The summed E-state index contributed by atoms with van der Waals surface area (Å²) in [6.45, 7) is 3.27. The number of carbonyl (C=O) groups is 2. The molecule has 1 fully saturated rings. The minimum atomic E-state index is -1.09. The Morgan fingerprint density at radius 1 is 1.26 bits per heavy atom. The first-order valence-corrected chi connectivity index (χ1v) is 8.52. The van der Waals surface area contributed by atoms with Gasteiger partial charge in [-0.15, -0.1) is 0 Å². The maximum atomic E-state index is 11.9. The number of aromatic nitrogens is 3. The van der Waals surface area contributed by atoms with Crippen molar-refractivity contribution in [3.05, 3.63) is 24.2 Å². The van der Waals surface area contributed by atoms with E-state index < -0.39 is 36.4 Å². The third-order valence-corrected chi connectivity index (χ3v) is 4.26. The van der Waals surface area contributed by atoms with Crippen LogP contribution in [-0.2, 0) is 23.8 Å². The molecular weight excluding hydrogens is 354 g/mol. The van der Waals surface area contributed by atoms with Gasteiger partial charge in [0.25, 0.3) is 0 Å². The van der Waals surface area contributed by atoms with Crippen LogP contribution in [-0.4, -0.2) is 44.8 Å². The highest BCUT2D eigenvalue weighted by Crippen LogP contribution is 2.38. The Morgan fingerprint density at radius 2 is 1.93 bits per heavy atom. The number of anilines is 1. The highest BCUT2D eigenvalue weighted by molar-refractivity contribution is 5.71. The van der Waals surface area contributed by atoms with E-state index in [1.807, 2.05) is 6.07 Å². The molecule has 10 nitrogen and oxygen atoms in total. The molecule has 4 atom stereocenters. The van der Waals surface area contributed by atoms with Gasteiger partial charge in [0, 0.05) is 12.8 Å². The van der Waals surface area contributed by atoms with E-state index in [4.69, 9.17) is 19.9 Å². The SMILES string of the molecule is CCC(=O)OC1C(C#N)OC(c2ccc3c(N)ncnn23)C1OC(=O)CC. The summed E-state index contributed by atoms with van der Waals surface area (Å²) in [7, 11) is 0. The summed E-state index contributed by atoms with van der Waals surface area (Å²) in [5.74, 6) is -0.754. The first kappa shape index (κ1) is 18.6. The summed E-state index contributed by atoms with van der Waals surface area (Å²) < 4.78 is 18.1. The predicted octanol–water partition coefficient (Wildman–Crippen LogP) is 0.919. The van der Waals surface area contributed by atoms with Crippen LogP contribution < -0.4 is 5.73 Å². The maximum Gasteiger partial charge on any atom is 0.306 e. The molecule has 0 aromatic carbocycles. The summed E-state index contributed by atoms with van der Waals surface area (Å²) in [5, 5.41) is 13.6. The molecule has 2 aromatic rings. The summed E-state index contributed by atoms with van der Waals surface area (Å²) in [6.07, 6.45) is -2.48. The van der Waals surface area contributed by atoms with Gasteiger partial charge >= 0.3 is 11.9 Å². The van der Waals surface area contributed by atoms with Crippen molar-refractivity contribution in [2.45, 2.75) is 51.1 Å². The van der Waals surface area contributed by atoms with E-state index in [0.717, 1.165) is 0 Å². The Hall–Kier alpha value is -3.19. The van der Waals surface area contributed by atoms with Gasteiger partial charge in [-0.3, -0.25) is 9.59 Å². The van der Waals surface area contributed by atoms with Crippen LogP contribution in [0.5, 0.6) is 0 Å². The maximum absolute atomic E-state index is 11.9. The lowest BCUT2D eigenvalue weighted by Crippen LogP contribution is -2.38. The molecular formula is C17H19N5O5. The van der Waals surface area contributed by atoms with Crippen molar-refractivity contribution in [1.29, 1.82) is 5.26 Å². The molecule has 3 rings (SSSR count). The molecule has 4 unspecified atom stereocenters. The fraction of sp³-hybridized carbons (Fsp3) is 0.471. The number of fused-ring (bicyclic) bond motifs is 1. The van der Waals surface area contributed by atoms with Gasteiger partial charge in [-0.05, 0) is 12.1 Å². The Balaban J connectivity index is 2.03. The van der Waals surface area contributed by atoms with Gasteiger partial charge in [-0.25, -0.2) is 9.50 Å². The third kappa shape index (κ3) is 3.41. The second-order valence-corrected chi connectivity index (χ2v) is 5.92. The molecule has 0 bridgehead atoms. The lowest BCUT2D eigenvalue weighted by atomic mass is 10.1. The molecule has 10 heteroatoms. The van der Waals surface area contributed by atoms with E-state index in [-0.39, 0.29) is 18.7 Å². The predicted molar refractivity (Wildman–Crippen MR) is 91.0 cm³/mol. The highest BCUT2D eigenvalue weighted by atomic mass is 16.6. The number of esters is 2. The van der Waals surface area contributed by atoms with Crippen LogP contribution in [0, 0.1) is 11.3 Å². The lowest BCUT2D eigenvalue weighted by Gasteiger charge is -2.23. The highest BCUT2D eigenvalue weighted by Gasteiger charge is 2.51. The fourth-order valence-corrected chi connectivity index (χ4v) is 2.92. The van der Waals surface area contributed by atoms with Gasteiger partial charge in [-0.1, -0.05) is 13.8 Å². The van der Waals surface area contributed by atoms with E-state index in [2.05, 4.69) is 10.1 Å². The van der Waals surface area contributed by atoms with Gasteiger partial charge in [0.05, 0.1) is 11.8 Å². The van der Waals surface area contributed by atoms with Crippen molar-refractivity contribution in [1.82, 2.24) is 14.6 Å². The van der Waals surface area contributed by atoms with Crippen LogP contribution >= 0.6 is 0 Å². The molecule has 0 aliphatic carbocycles. The van der Waals surface area contributed by atoms with E-state index in [1.54, 1.807) is 26.0 Å². The molecule has 1 saturated heterocycles. The number of ether oxygens (including phenoxy) is 3. The monoisotopic (exact) mass is 373 g/mol. The third-order valence-electron chi connectivity index (χ3n) is 4.26. The lowest BCUT2D eigenvalue weighted by molar-refractivity contribution is -0.166. The Morgan fingerprint density at radius 3 is 2.56 bits per heavy atom. The Labute approximate surface area is 154 Å². The molecule has 2 N–H and O–H groups in total. The molecule has 142 valence electrons. The standard InChI is InChI=1S/C17H19N5O5/c1-3-12(23)26-15-11(7-18)25-14(16(15)27-13(24)4-2)9-5-6-10-17(19)20-8-21-22(9)10/h5-6,8,11,14-16H,3-4H2,1-2H3,(H2,19,20,21). The minimum absolute atomic E-state index is 0.117. The molecule has 0 radical (unpaired) electrons. The van der Waals surface area contributed by atoms with Gasteiger partial charge in [0.1, 0.15) is 17.9 Å². The molecule has 0 amide bonds. The normalized spacial score (nSPS) is 24.5. The van der Waals surface area contributed by atoms with Crippen LogP contribution in [0.1, 0.15) is 38.5 Å². The van der Waals surface area contributed by atoms with Crippen LogP contribution in [0.4, 0.5) is 5.82 Å². The Bertz CT molecular complexity index is 905. The number of hydrogen-bond acceptors (Lipinski definition) is 9. The van der Waals surface area contributed by atoms with Gasteiger partial charge in [0.15, 0.2) is 24.1 Å². The average Bonchev–Trinajstić information content (AvgIpc) is 3.24. The number of nitrogens with two attached hydrogens (primary N) is 1. The molecule has 2 aromatic heterocycles. The number of rotatable bonds is 5. The molecule has 3 heterocycles. The molecule has 0 saturated carbocycles. The zero-order chi connectivity index (χ0) is 19.6. The van der Waals surface area contributed by atoms with Crippen LogP contribution in [0.15, 0.2) is 18.5 Å². The largest absolute Gasteiger partial charge is 0.455 e. The van der Waals surface area contributed by atoms with Crippen molar-refractivity contribution in [3.8, 4) is 6.07 Å². The summed E-state index contributed by atoms with van der Waals surface area (Å²) >= 11 is 0. The van der Waals surface area contributed by atoms with E-state index in [9.17, 15) is 14.9 Å². The second-order valence-electron chi connectivity index (χ2n) is 5.92. The van der Waals surface area contributed by atoms with E-state index in [0.29, 0.717) is 11.2 Å². The molecule has 1 aliphatic heterocycles. The first-order valence-electron chi connectivity index (χ1n) is 8.52.